The lowest BCUT2D eigenvalue weighted by Gasteiger charge is -2.33. The summed E-state index contributed by atoms with van der Waals surface area (Å²) in [5.74, 6) is -0.310. The second kappa shape index (κ2) is 7.37. The van der Waals surface area contributed by atoms with Crippen molar-refractivity contribution < 1.29 is 27.7 Å². The molecule has 23 heavy (non-hydrogen) atoms. The monoisotopic (exact) mass is 346 g/mol. The summed E-state index contributed by atoms with van der Waals surface area (Å²) in [6.07, 6.45) is 4.83. The molecule has 0 bridgehead atoms. The van der Waals surface area contributed by atoms with Gasteiger partial charge in [0.25, 0.3) is 0 Å². The van der Waals surface area contributed by atoms with E-state index in [2.05, 4.69) is 13.5 Å². The number of carbonyl (C=O) groups excluding carboxylic acids is 1. The van der Waals surface area contributed by atoms with Crippen LogP contribution in [0.1, 0.15) is 52.9 Å². The SMILES string of the molecule is C=C(OP1(=O)OCC(C)(C)CO1)C(=O)OC1CCC(CC)CC1. The number of phosphoric acid groups is 1. The first-order valence-electron chi connectivity index (χ1n) is 8.21. The highest BCUT2D eigenvalue weighted by molar-refractivity contribution is 7.48. The second-order valence-electron chi connectivity index (χ2n) is 7.13. The highest BCUT2D eigenvalue weighted by Gasteiger charge is 2.40. The van der Waals surface area contributed by atoms with Crippen LogP contribution in [0.15, 0.2) is 12.3 Å². The summed E-state index contributed by atoms with van der Waals surface area (Å²) in [4.78, 5) is 12.0. The maximum absolute atomic E-state index is 12.3. The molecule has 1 saturated carbocycles. The third-order valence-electron chi connectivity index (χ3n) is 4.32. The van der Waals surface area contributed by atoms with Crippen LogP contribution in [0.25, 0.3) is 0 Å². The summed E-state index contributed by atoms with van der Waals surface area (Å²) in [6.45, 7) is 9.98. The van der Waals surface area contributed by atoms with Gasteiger partial charge in [0.05, 0.1) is 13.2 Å². The summed E-state index contributed by atoms with van der Waals surface area (Å²) in [5, 5.41) is 0. The molecule has 0 unspecified atom stereocenters. The molecule has 0 amide bonds. The molecule has 7 heteroatoms. The van der Waals surface area contributed by atoms with Gasteiger partial charge in [-0.15, -0.1) is 0 Å². The van der Waals surface area contributed by atoms with Crippen molar-refractivity contribution in [2.75, 3.05) is 13.2 Å². The Hall–Kier alpha value is -0.840. The van der Waals surface area contributed by atoms with Gasteiger partial charge in [0.1, 0.15) is 6.10 Å². The fourth-order valence-electron chi connectivity index (χ4n) is 2.69. The average molecular weight is 346 g/mol. The van der Waals surface area contributed by atoms with Gasteiger partial charge < -0.3 is 9.26 Å². The molecular weight excluding hydrogens is 319 g/mol. The Bertz CT molecular complexity index is 479. The fraction of sp³-hybridized carbons (Fsp3) is 0.812. The molecule has 132 valence electrons. The van der Waals surface area contributed by atoms with Crippen molar-refractivity contribution >= 4 is 13.8 Å². The van der Waals surface area contributed by atoms with E-state index in [1.54, 1.807) is 0 Å². The Labute approximate surface area is 138 Å². The largest absolute Gasteiger partial charge is 0.530 e. The molecule has 1 aliphatic carbocycles. The summed E-state index contributed by atoms with van der Waals surface area (Å²) in [5.41, 5.74) is -0.239. The number of hydrogen-bond acceptors (Lipinski definition) is 6. The highest BCUT2D eigenvalue weighted by Crippen LogP contribution is 2.55. The molecule has 2 fully saturated rings. The summed E-state index contributed by atoms with van der Waals surface area (Å²) in [7, 11) is -3.77. The third-order valence-corrected chi connectivity index (χ3v) is 5.66. The molecular formula is C16H27O6P. The first kappa shape index (κ1) is 18.5. The Morgan fingerprint density at radius 2 is 1.78 bits per heavy atom. The minimum absolute atomic E-state index is 0.126. The van der Waals surface area contributed by atoms with Crippen molar-refractivity contribution in [1.29, 1.82) is 0 Å². The summed E-state index contributed by atoms with van der Waals surface area (Å²) < 4.78 is 33.0. The van der Waals surface area contributed by atoms with E-state index in [0.29, 0.717) is 5.92 Å². The van der Waals surface area contributed by atoms with Gasteiger partial charge in [-0.3, -0.25) is 9.05 Å². The van der Waals surface area contributed by atoms with Crippen molar-refractivity contribution in [1.82, 2.24) is 0 Å². The van der Waals surface area contributed by atoms with Crippen molar-refractivity contribution in [3.05, 3.63) is 12.3 Å². The van der Waals surface area contributed by atoms with Gasteiger partial charge in [-0.25, -0.2) is 9.36 Å². The van der Waals surface area contributed by atoms with Crippen LogP contribution in [-0.2, 0) is 27.7 Å². The summed E-state index contributed by atoms with van der Waals surface area (Å²) in [6, 6.07) is 0. The molecule has 1 aliphatic heterocycles. The lowest BCUT2D eigenvalue weighted by molar-refractivity contribution is -0.149. The number of carbonyl (C=O) groups is 1. The highest BCUT2D eigenvalue weighted by atomic mass is 31.2. The van der Waals surface area contributed by atoms with Crippen LogP contribution in [0.5, 0.6) is 0 Å². The molecule has 2 rings (SSSR count). The quantitative estimate of drug-likeness (QED) is 0.321. The first-order valence-corrected chi connectivity index (χ1v) is 9.68. The van der Waals surface area contributed by atoms with Crippen LogP contribution in [0.2, 0.25) is 0 Å². The molecule has 0 atom stereocenters. The zero-order valence-electron chi connectivity index (χ0n) is 14.2. The van der Waals surface area contributed by atoms with E-state index in [1.807, 2.05) is 13.8 Å². The lowest BCUT2D eigenvalue weighted by atomic mass is 9.86. The van der Waals surface area contributed by atoms with E-state index >= 15 is 0 Å². The predicted molar refractivity (Wildman–Crippen MR) is 85.6 cm³/mol. The van der Waals surface area contributed by atoms with Crippen LogP contribution in [0.4, 0.5) is 0 Å². The predicted octanol–water partition coefficient (Wildman–Crippen LogP) is 4.21. The molecule has 0 radical (unpaired) electrons. The number of ether oxygens (including phenoxy) is 1. The maximum atomic E-state index is 12.3. The van der Waals surface area contributed by atoms with Crippen molar-refractivity contribution in [3.63, 3.8) is 0 Å². The van der Waals surface area contributed by atoms with Crippen LogP contribution in [-0.4, -0.2) is 25.3 Å². The van der Waals surface area contributed by atoms with Crippen LogP contribution in [0, 0.1) is 11.3 Å². The second-order valence-corrected chi connectivity index (χ2v) is 8.72. The molecule has 0 aromatic rings. The number of rotatable bonds is 5. The Morgan fingerprint density at radius 1 is 1.22 bits per heavy atom. The van der Waals surface area contributed by atoms with Gasteiger partial charge in [0.2, 0.25) is 5.76 Å². The zero-order chi connectivity index (χ0) is 17.1. The molecule has 1 heterocycles. The maximum Gasteiger partial charge on any atom is 0.530 e. The topological polar surface area (TPSA) is 71.1 Å². The Morgan fingerprint density at radius 3 is 2.30 bits per heavy atom. The molecule has 0 aromatic heterocycles. The molecule has 0 N–H and O–H groups in total. The zero-order valence-corrected chi connectivity index (χ0v) is 15.1. The van der Waals surface area contributed by atoms with Crippen LogP contribution < -0.4 is 0 Å². The van der Waals surface area contributed by atoms with Gasteiger partial charge in [0, 0.05) is 5.41 Å². The van der Waals surface area contributed by atoms with E-state index in [1.165, 1.54) is 0 Å². The van der Waals surface area contributed by atoms with Crippen LogP contribution in [0.3, 0.4) is 0 Å². The smallest absolute Gasteiger partial charge is 0.457 e. The third kappa shape index (κ3) is 5.33. The summed E-state index contributed by atoms with van der Waals surface area (Å²) >= 11 is 0. The van der Waals surface area contributed by atoms with E-state index in [-0.39, 0.29) is 30.5 Å². The van der Waals surface area contributed by atoms with Gasteiger partial charge in [-0.1, -0.05) is 27.2 Å². The van der Waals surface area contributed by atoms with Gasteiger partial charge in [-0.2, -0.15) is 0 Å². The lowest BCUT2D eigenvalue weighted by Crippen LogP contribution is -2.30. The molecule has 6 nitrogen and oxygen atoms in total. The standard InChI is InChI=1S/C16H27O6P/c1-5-13-6-8-14(9-7-13)21-15(17)12(2)22-23(18)19-10-16(3,4)11-20-23/h13-14H,2,5-11H2,1,3-4H3. The van der Waals surface area contributed by atoms with E-state index in [9.17, 15) is 9.36 Å². The van der Waals surface area contributed by atoms with Crippen molar-refractivity contribution in [2.45, 2.75) is 59.0 Å². The number of hydrogen-bond donors (Lipinski definition) is 0. The minimum Gasteiger partial charge on any atom is -0.457 e. The van der Waals surface area contributed by atoms with Crippen molar-refractivity contribution in [2.24, 2.45) is 11.3 Å². The van der Waals surface area contributed by atoms with Crippen LogP contribution >= 0.6 is 7.82 Å². The van der Waals surface area contributed by atoms with E-state index in [4.69, 9.17) is 18.3 Å². The Kier molecular flexibility index (Phi) is 5.93. The minimum atomic E-state index is -3.77. The van der Waals surface area contributed by atoms with E-state index in [0.717, 1.165) is 32.1 Å². The molecule has 0 aromatic carbocycles. The first-order chi connectivity index (χ1) is 10.7. The molecule has 1 saturated heterocycles. The number of phosphoric ester groups is 1. The normalized spacial score (nSPS) is 29.5. The van der Waals surface area contributed by atoms with Gasteiger partial charge in [-0.05, 0) is 38.2 Å². The van der Waals surface area contributed by atoms with Crippen molar-refractivity contribution in [3.8, 4) is 0 Å². The number of esters is 1. The van der Waals surface area contributed by atoms with Gasteiger partial charge >= 0.3 is 13.8 Å². The van der Waals surface area contributed by atoms with E-state index < -0.39 is 13.8 Å². The molecule has 2 aliphatic rings. The van der Waals surface area contributed by atoms with Gasteiger partial charge in [0.15, 0.2) is 0 Å². The average Bonchev–Trinajstić information content (AvgIpc) is 2.51. The fourth-order valence-corrected chi connectivity index (χ4v) is 4.23. The Balaban J connectivity index is 1.79. The molecule has 0 spiro atoms.